The fourth-order valence-electron chi connectivity index (χ4n) is 4.47. The van der Waals surface area contributed by atoms with E-state index in [2.05, 4.69) is 10.3 Å². The van der Waals surface area contributed by atoms with Gasteiger partial charge in [0.1, 0.15) is 11.6 Å². The van der Waals surface area contributed by atoms with Gasteiger partial charge in [-0.3, -0.25) is 9.78 Å². The van der Waals surface area contributed by atoms with E-state index in [1.54, 1.807) is 19.4 Å². The first-order valence-corrected chi connectivity index (χ1v) is 11.7. The lowest BCUT2D eigenvalue weighted by atomic mass is 9.89. The molecular formula is C31H25FN2O2. The number of carbonyl (C=O) groups excluding carboxylic acids is 1. The van der Waals surface area contributed by atoms with Crippen molar-refractivity contribution >= 4 is 22.5 Å². The van der Waals surface area contributed by atoms with Gasteiger partial charge in [0, 0.05) is 17.3 Å². The number of para-hydroxylation sites is 2. The van der Waals surface area contributed by atoms with Crippen LogP contribution >= 0.6 is 0 Å². The summed E-state index contributed by atoms with van der Waals surface area (Å²) in [5.41, 5.74) is 5.12. The first-order chi connectivity index (χ1) is 17.6. The summed E-state index contributed by atoms with van der Waals surface area (Å²) in [6, 6.07) is 31.5. The number of methoxy groups -OCH3 is 1. The molecule has 0 bridgehead atoms. The van der Waals surface area contributed by atoms with Crippen LogP contribution in [0.25, 0.3) is 22.0 Å². The van der Waals surface area contributed by atoms with Crippen LogP contribution in [0.3, 0.4) is 0 Å². The number of nitrogens with zero attached hydrogens (tertiary/aromatic N) is 1. The Morgan fingerprint density at radius 3 is 2.44 bits per heavy atom. The average molecular weight is 477 g/mol. The van der Waals surface area contributed by atoms with Crippen molar-refractivity contribution in [3.8, 4) is 16.9 Å². The van der Waals surface area contributed by atoms with Crippen LogP contribution in [0.5, 0.6) is 5.75 Å². The zero-order valence-electron chi connectivity index (χ0n) is 19.8. The van der Waals surface area contributed by atoms with E-state index in [9.17, 15) is 9.18 Å². The van der Waals surface area contributed by atoms with Crippen LogP contribution in [-0.4, -0.2) is 18.0 Å². The summed E-state index contributed by atoms with van der Waals surface area (Å²) < 4.78 is 19.5. The minimum atomic E-state index is -0.442. The molecule has 4 aromatic carbocycles. The number of aromatic nitrogens is 1. The molecular weight excluding hydrogens is 451 g/mol. The normalized spacial score (nSPS) is 11.7. The molecule has 1 heterocycles. The second kappa shape index (κ2) is 10.4. The molecule has 0 unspecified atom stereocenters. The molecule has 0 saturated carbocycles. The van der Waals surface area contributed by atoms with E-state index in [1.807, 2.05) is 84.9 Å². The largest absolute Gasteiger partial charge is 0.496 e. The molecule has 1 N–H and O–H groups in total. The fraction of sp³-hybridized carbons (Fsp3) is 0.0968. The standard InChI is InChI=1S/C31H25FN2O2/c1-36-30-10-6-5-7-23(30)19-27(31(35)34-25-8-3-2-4-9-25)22-13-11-21(12-14-22)26-17-18-33-29-16-15-24(32)20-28(26)29/h2-18,20,27H,19H2,1H3,(H,34,35)/t27-/m1/s1. The Kier molecular flexibility index (Phi) is 6.72. The molecule has 0 aliphatic carbocycles. The minimum absolute atomic E-state index is 0.101. The van der Waals surface area contributed by atoms with Crippen LogP contribution in [0, 0.1) is 5.82 Å². The molecule has 1 atom stereocenters. The average Bonchev–Trinajstić information content (AvgIpc) is 2.92. The van der Waals surface area contributed by atoms with Crippen LogP contribution in [0.1, 0.15) is 17.0 Å². The maximum Gasteiger partial charge on any atom is 0.232 e. The zero-order valence-corrected chi connectivity index (χ0v) is 19.8. The monoisotopic (exact) mass is 476 g/mol. The summed E-state index contributed by atoms with van der Waals surface area (Å²) in [7, 11) is 1.63. The number of hydrogen-bond donors (Lipinski definition) is 1. The number of anilines is 1. The number of carbonyl (C=O) groups is 1. The van der Waals surface area contributed by atoms with Crippen molar-refractivity contribution in [3.05, 3.63) is 126 Å². The molecule has 178 valence electrons. The van der Waals surface area contributed by atoms with Crippen molar-refractivity contribution in [2.75, 3.05) is 12.4 Å². The van der Waals surface area contributed by atoms with Gasteiger partial charge in [0.15, 0.2) is 0 Å². The summed E-state index contributed by atoms with van der Waals surface area (Å²) in [5.74, 6) is -0.0989. The third kappa shape index (κ3) is 4.96. The predicted molar refractivity (Wildman–Crippen MR) is 142 cm³/mol. The predicted octanol–water partition coefficient (Wildman–Crippen LogP) is 7.01. The van der Waals surface area contributed by atoms with Gasteiger partial charge < -0.3 is 10.1 Å². The van der Waals surface area contributed by atoms with E-state index in [0.29, 0.717) is 6.42 Å². The number of amides is 1. The summed E-state index contributed by atoms with van der Waals surface area (Å²) in [6.45, 7) is 0. The molecule has 1 amide bonds. The quantitative estimate of drug-likeness (QED) is 0.275. The molecule has 0 aliphatic rings. The first-order valence-electron chi connectivity index (χ1n) is 11.7. The summed E-state index contributed by atoms with van der Waals surface area (Å²) in [5, 5.41) is 3.79. The van der Waals surface area contributed by atoms with Crippen LogP contribution in [0.2, 0.25) is 0 Å². The number of pyridine rings is 1. The highest BCUT2D eigenvalue weighted by molar-refractivity contribution is 5.97. The van der Waals surface area contributed by atoms with Crippen molar-refractivity contribution in [3.63, 3.8) is 0 Å². The molecule has 5 aromatic rings. The highest BCUT2D eigenvalue weighted by Crippen LogP contribution is 2.32. The summed E-state index contributed by atoms with van der Waals surface area (Å²) in [4.78, 5) is 17.8. The van der Waals surface area contributed by atoms with Crippen LogP contribution in [0.15, 0.2) is 109 Å². The van der Waals surface area contributed by atoms with E-state index in [1.165, 1.54) is 12.1 Å². The Morgan fingerprint density at radius 1 is 0.917 bits per heavy atom. The Balaban J connectivity index is 1.50. The SMILES string of the molecule is COc1ccccc1C[C@@H](C(=O)Nc1ccccc1)c1ccc(-c2ccnc3ccc(F)cc23)cc1. The van der Waals surface area contributed by atoms with Gasteiger partial charge in [-0.15, -0.1) is 0 Å². The van der Waals surface area contributed by atoms with E-state index in [4.69, 9.17) is 4.74 Å². The molecule has 1 aromatic heterocycles. The number of nitrogens with one attached hydrogen (secondary N) is 1. The van der Waals surface area contributed by atoms with Gasteiger partial charge in [0.25, 0.3) is 0 Å². The van der Waals surface area contributed by atoms with Gasteiger partial charge in [0.2, 0.25) is 5.91 Å². The molecule has 0 saturated heterocycles. The fourth-order valence-corrected chi connectivity index (χ4v) is 4.47. The molecule has 0 aliphatic heterocycles. The lowest BCUT2D eigenvalue weighted by molar-refractivity contribution is -0.117. The van der Waals surface area contributed by atoms with Gasteiger partial charge in [-0.1, -0.05) is 60.7 Å². The maximum atomic E-state index is 14.0. The molecule has 5 heteroatoms. The molecule has 0 spiro atoms. The first kappa shape index (κ1) is 23.2. The van der Waals surface area contributed by atoms with Crippen LogP contribution in [0.4, 0.5) is 10.1 Å². The number of halogens is 1. The Morgan fingerprint density at radius 2 is 1.67 bits per heavy atom. The minimum Gasteiger partial charge on any atom is -0.496 e. The Bertz CT molecular complexity index is 1500. The van der Waals surface area contributed by atoms with E-state index in [0.717, 1.165) is 44.6 Å². The molecule has 4 nitrogen and oxygen atoms in total. The number of rotatable bonds is 7. The summed E-state index contributed by atoms with van der Waals surface area (Å²) >= 11 is 0. The highest BCUT2D eigenvalue weighted by Gasteiger charge is 2.23. The number of fused-ring (bicyclic) bond motifs is 1. The molecule has 5 rings (SSSR count). The smallest absolute Gasteiger partial charge is 0.232 e. The van der Waals surface area contributed by atoms with Crippen LogP contribution < -0.4 is 10.1 Å². The van der Waals surface area contributed by atoms with Crippen molar-refractivity contribution < 1.29 is 13.9 Å². The van der Waals surface area contributed by atoms with Gasteiger partial charge in [-0.2, -0.15) is 0 Å². The Hall–Kier alpha value is -4.51. The van der Waals surface area contributed by atoms with Crippen molar-refractivity contribution in [1.29, 1.82) is 0 Å². The van der Waals surface area contributed by atoms with E-state index < -0.39 is 5.92 Å². The second-order valence-electron chi connectivity index (χ2n) is 8.57. The number of ether oxygens (including phenoxy) is 1. The highest BCUT2D eigenvalue weighted by atomic mass is 19.1. The van der Waals surface area contributed by atoms with Crippen molar-refractivity contribution in [2.45, 2.75) is 12.3 Å². The second-order valence-corrected chi connectivity index (χ2v) is 8.57. The topological polar surface area (TPSA) is 51.2 Å². The molecule has 36 heavy (non-hydrogen) atoms. The third-order valence-corrected chi connectivity index (χ3v) is 6.30. The van der Waals surface area contributed by atoms with Crippen molar-refractivity contribution in [2.24, 2.45) is 0 Å². The lowest BCUT2D eigenvalue weighted by Crippen LogP contribution is -2.23. The molecule has 0 fully saturated rings. The van der Waals surface area contributed by atoms with E-state index >= 15 is 0 Å². The number of hydrogen-bond acceptors (Lipinski definition) is 3. The van der Waals surface area contributed by atoms with Gasteiger partial charge >= 0.3 is 0 Å². The van der Waals surface area contributed by atoms with Crippen molar-refractivity contribution in [1.82, 2.24) is 4.98 Å². The third-order valence-electron chi connectivity index (χ3n) is 6.30. The van der Waals surface area contributed by atoms with Gasteiger partial charge in [-0.25, -0.2) is 4.39 Å². The number of benzene rings is 4. The lowest BCUT2D eigenvalue weighted by Gasteiger charge is -2.19. The van der Waals surface area contributed by atoms with Gasteiger partial charge in [0.05, 0.1) is 18.5 Å². The van der Waals surface area contributed by atoms with Gasteiger partial charge in [-0.05, 0) is 71.1 Å². The molecule has 0 radical (unpaired) electrons. The maximum absolute atomic E-state index is 14.0. The van der Waals surface area contributed by atoms with Crippen LogP contribution in [-0.2, 0) is 11.2 Å². The van der Waals surface area contributed by atoms with E-state index in [-0.39, 0.29) is 11.7 Å². The Labute approximate surface area is 209 Å². The zero-order chi connectivity index (χ0) is 24.9. The summed E-state index contributed by atoms with van der Waals surface area (Å²) in [6.07, 6.45) is 2.20.